The first-order valence-electron chi connectivity index (χ1n) is 8.26. The van der Waals surface area contributed by atoms with Crippen LogP contribution in [0.15, 0.2) is 53.5 Å². The van der Waals surface area contributed by atoms with Gasteiger partial charge < -0.3 is 20.7 Å². The second kappa shape index (κ2) is 9.42. The molecule has 0 unspecified atom stereocenters. The van der Waals surface area contributed by atoms with E-state index in [1.165, 1.54) is 5.56 Å². The van der Waals surface area contributed by atoms with Crippen LogP contribution in [0.3, 0.4) is 0 Å². The molecule has 1 aliphatic heterocycles. The molecule has 0 fully saturated rings. The summed E-state index contributed by atoms with van der Waals surface area (Å²) >= 11 is 0. The van der Waals surface area contributed by atoms with Crippen LogP contribution in [0.1, 0.15) is 12.0 Å². The number of anilines is 2. The van der Waals surface area contributed by atoms with E-state index in [4.69, 9.17) is 10.5 Å². The molecule has 0 atom stereocenters. The number of hydrogen-bond donors (Lipinski definition) is 2. The van der Waals surface area contributed by atoms with E-state index in [0.717, 1.165) is 30.0 Å². The van der Waals surface area contributed by atoms with Crippen LogP contribution in [0.5, 0.6) is 5.75 Å². The van der Waals surface area contributed by atoms with Crippen LogP contribution < -0.4 is 20.7 Å². The molecule has 0 saturated carbocycles. The fourth-order valence-corrected chi connectivity index (χ4v) is 2.92. The van der Waals surface area contributed by atoms with Gasteiger partial charge in [-0.3, -0.25) is 4.79 Å². The molecule has 6 nitrogen and oxygen atoms in total. The van der Waals surface area contributed by atoms with E-state index in [9.17, 15) is 4.79 Å². The molecule has 0 aromatic heterocycles. The Labute approximate surface area is 170 Å². The molecule has 26 heavy (non-hydrogen) atoms. The Morgan fingerprint density at radius 1 is 1.27 bits per heavy atom. The zero-order chi connectivity index (χ0) is 17.6. The molecule has 1 heterocycles. The number of halogens is 1. The van der Waals surface area contributed by atoms with Crippen molar-refractivity contribution in [2.75, 3.05) is 30.4 Å². The number of nitrogens with zero attached hydrogens (tertiary/aromatic N) is 2. The van der Waals surface area contributed by atoms with Crippen molar-refractivity contribution in [2.24, 2.45) is 10.7 Å². The summed E-state index contributed by atoms with van der Waals surface area (Å²) in [5.41, 5.74) is 8.84. The largest absolute Gasteiger partial charge is 0.497 e. The van der Waals surface area contributed by atoms with Crippen LogP contribution in [0.2, 0.25) is 0 Å². The topological polar surface area (TPSA) is 80.0 Å². The highest BCUT2D eigenvalue weighted by Crippen LogP contribution is 2.26. The molecule has 3 rings (SSSR count). The zero-order valence-corrected chi connectivity index (χ0v) is 17.0. The van der Waals surface area contributed by atoms with Crippen LogP contribution in [0, 0.1) is 0 Å². The van der Waals surface area contributed by atoms with Crippen LogP contribution in [0.4, 0.5) is 11.4 Å². The maximum absolute atomic E-state index is 12.5. The standard InChI is InChI=1S/C19H22N4O2.HI/c1-25-16-9-4-8-15(12-16)22-19(20)21-13-18(24)23-11-5-7-14-6-2-3-10-17(14)23;/h2-4,6,8-10,12H,5,7,11,13H2,1H3,(H3,20,21,22);1H. The third kappa shape index (κ3) is 4.87. The van der Waals surface area contributed by atoms with Gasteiger partial charge in [-0.2, -0.15) is 0 Å². The number of aliphatic imine (C=N–C) groups is 1. The van der Waals surface area contributed by atoms with Crippen molar-refractivity contribution in [2.45, 2.75) is 12.8 Å². The number of para-hydroxylation sites is 1. The molecule has 0 aliphatic carbocycles. The van der Waals surface area contributed by atoms with Gasteiger partial charge in [-0.25, -0.2) is 4.99 Å². The number of nitrogens with one attached hydrogen (secondary N) is 1. The van der Waals surface area contributed by atoms with Crippen molar-refractivity contribution in [3.8, 4) is 5.75 Å². The predicted octanol–water partition coefficient (Wildman–Crippen LogP) is 3.02. The van der Waals surface area contributed by atoms with Crippen LogP contribution in [0.25, 0.3) is 0 Å². The Kier molecular flexibility index (Phi) is 7.26. The molecule has 1 amide bonds. The first kappa shape index (κ1) is 20.0. The summed E-state index contributed by atoms with van der Waals surface area (Å²) in [5.74, 6) is 0.869. The highest BCUT2D eigenvalue weighted by atomic mass is 127. The third-order valence-corrected chi connectivity index (χ3v) is 4.14. The molecule has 7 heteroatoms. The van der Waals surface area contributed by atoms with Gasteiger partial charge >= 0.3 is 0 Å². The molecule has 138 valence electrons. The number of ether oxygens (including phenoxy) is 1. The summed E-state index contributed by atoms with van der Waals surface area (Å²) in [6.45, 7) is 0.728. The summed E-state index contributed by atoms with van der Waals surface area (Å²) < 4.78 is 5.17. The van der Waals surface area contributed by atoms with Crippen molar-refractivity contribution in [3.05, 3.63) is 54.1 Å². The lowest BCUT2D eigenvalue weighted by Gasteiger charge is -2.29. The lowest BCUT2D eigenvalue weighted by Crippen LogP contribution is -2.37. The number of benzene rings is 2. The zero-order valence-electron chi connectivity index (χ0n) is 14.6. The van der Waals surface area contributed by atoms with Crippen molar-refractivity contribution >= 4 is 47.2 Å². The minimum Gasteiger partial charge on any atom is -0.497 e. The molecule has 0 bridgehead atoms. The number of carbonyl (C=O) groups excluding carboxylic acids is 1. The summed E-state index contributed by atoms with van der Waals surface area (Å²) in [6.07, 6.45) is 1.97. The molecule has 2 aromatic carbocycles. The molecule has 0 radical (unpaired) electrons. The van der Waals surface area contributed by atoms with Gasteiger partial charge in [-0.15, -0.1) is 24.0 Å². The van der Waals surface area contributed by atoms with E-state index in [2.05, 4.69) is 16.4 Å². The molecule has 3 N–H and O–H groups in total. The van der Waals surface area contributed by atoms with Crippen molar-refractivity contribution in [3.63, 3.8) is 0 Å². The average Bonchev–Trinajstić information content (AvgIpc) is 2.65. The highest BCUT2D eigenvalue weighted by molar-refractivity contribution is 14.0. The monoisotopic (exact) mass is 466 g/mol. The van der Waals surface area contributed by atoms with Gasteiger partial charge in [0.25, 0.3) is 0 Å². The molecule has 2 aromatic rings. The molecule has 1 aliphatic rings. The summed E-state index contributed by atoms with van der Waals surface area (Å²) in [5, 5.41) is 2.97. The number of methoxy groups -OCH3 is 1. The third-order valence-electron chi connectivity index (χ3n) is 4.14. The van der Waals surface area contributed by atoms with Gasteiger partial charge in [-0.1, -0.05) is 24.3 Å². The second-order valence-electron chi connectivity index (χ2n) is 5.84. The Bertz CT molecular complexity index is 795. The van der Waals surface area contributed by atoms with E-state index in [1.54, 1.807) is 12.0 Å². The number of carbonyl (C=O) groups is 1. The fourth-order valence-electron chi connectivity index (χ4n) is 2.92. The van der Waals surface area contributed by atoms with Gasteiger partial charge in [0.05, 0.1) is 7.11 Å². The number of nitrogens with two attached hydrogens (primary N) is 1. The Morgan fingerprint density at radius 2 is 2.08 bits per heavy atom. The van der Waals surface area contributed by atoms with E-state index < -0.39 is 0 Å². The predicted molar refractivity (Wildman–Crippen MR) is 116 cm³/mol. The smallest absolute Gasteiger partial charge is 0.248 e. The number of guanidine groups is 1. The lowest BCUT2D eigenvalue weighted by atomic mass is 10.0. The van der Waals surface area contributed by atoms with Gasteiger partial charge in [0.1, 0.15) is 12.3 Å². The molecule has 0 saturated heterocycles. The quantitative estimate of drug-likeness (QED) is 0.413. The minimum atomic E-state index is -0.0532. The summed E-state index contributed by atoms with van der Waals surface area (Å²) in [4.78, 5) is 18.5. The van der Waals surface area contributed by atoms with Crippen LogP contribution in [-0.2, 0) is 11.2 Å². The van der Waals surface area contributed by atoms with Crippen molar-refractivity contribution in [1.29, 1.82) is 0 Å². The number of hydrogen-bond acceptors (Lipinski definition) is 3. The van der Waals surface area contributed by atoms with Gasteiger partial charge in [0.15, 0.2) is 5.96 Å². The van der Waals surface area contributed by atoms with E-state index in [-0.39, 0.29) is 42.4 Å². The highest BCUT2D eigenvalue weighted by Gasteiger charge is 2.21. The minimum absolute atomic E-state index is 0. The fraction of sp³-hybridized carbons (Fsp3) is 0.263. The first-order valence-corrected chi connectivity index (χ1v) is 8.26. The van der Waals surface area contributed by atoms with Crippen LogP contribution >= 0.6 is 24.0 Å². The number of amides is 1. The van der Waals surface area contributed by atoms with Crippen LogP contribution in [-0.4, -0.2) is 32.1 Å². The molecule has 0 spiro atoms. The Hall–Kier alpha value is -2.29. The number of fused-ring (bicyclic) bond motifs is 1. The van der Waals surface area contributed by atoms with Gasteiger partial charge in [0, 0.05) is 24.0 Å². The van der Waals surface area contributed by atoms with Gasteiger partial charge in [-0.05, 0) is 36.6 Å². The van der Waals surface area contributed by atoms with Crippen molar-refractivity contribution in [1.82, 2.24) is 0 Å². The SMILES string of the molecule is COc1cccc(NC(N)=NCC(=O)N2CCCc3ccccc32)c1.I. The normalized spacial score (nSPS) is 13.4. The second-order valence-corrected chi connectivity index (χ2v) is 5.84. The average molecular weight is 466 g/mol. The first-order chi connectivity index (χ1) is 12.2. The summed E-state index contributed by atoms with van der Waals surface area (Å²) in [6, 6.07) is 15.4. The Morgan fingerprint density at radius 3 is 2.88 bits per heavy atom. The van der Waals surface area contributed by atoms with Crippen molar-refractivity contribution < 1.29 is 9.53 Å². The van der Waals surface area contributed by atoms with Gasteiger partial charge in [0.2, 0.25) is 5.91 Å². The summed E-state index contributed by atoms with van der Waals surface area (Å²) in [7, 11) is 1.60. The lowest BCUT2D eigenvalue weighted by molar-refractivity contribution is -0.117. The Balaban J connectivity index is 0.00000243. The van der Waals surface area contributed by atoms with E-state index in [0.29, 0.717) is 6.54 Å². The van der Waals surface area contributed by atoms with E-state index >= 15 is 0 Å². The maximum atomic E-state index is 12.5. The number of rotatable bonds is 4. The van der Waals surface area contributed by atoms with E-state index in [1.807, 2.05) is 42.5 Å². The molecular weight excluding hydrogens is 443 g/mol. The molecular formula is C19H23IN4O2. The number of aryl methyl sites for hydroxylation is 1. The maximum Gasteiger partial charge on any atom is 0.248 e.